The van der Waals surface area contributed by atoms with Gasteiger partial charge in [0.1, 0.15) is 30.8 Å². The number of carbonyl (C=O) groups excluding carboxylic acids is 2. The van der Waals surface area contributed by atoms with Gasteiger partial charge in [-0.2, -0.15) is 0 Å². The Hall–Kier alpha value is -4.24. The summed E-state index contributed by atoms with van der Waals surface area (Å²) in [4.78, 5) is 31.0. The van der Waals surface area contributed by atoms with Crippen LogP contribution in [-0.4, -0.2) is 80.8 Å². The normalized spacial score (nSPS) is 15.6. The maximum absolute atomic E-state index is 13.6. The second-order valence-electron chi connectivity index (χ2n) is 11.7. The largest absolute Gasteiger partial charge is 0.493 e. The van der Waals surface area contributed by atoms with Gasteiger partial charge in [-0.3, -0.25) is 9.59 Å². The van der Waals surface area contributed by atoms with Crippen LogP contribution in [0.1, 0.15) is 48.5 Å². The van der Waals surface area contributed by atoms with Crippen molar-refractivity contribution >= 4 is 11.9 Å². The predicted molar refractivity (Wildman–Crippen MR) is 171 cm³/mol. The summed E-state index contributed by atoms with van der Waals surface area (Å²) in [5.74, 6) is 2.17. The lowest BCUT2D eigenvalue weighted by Crippen LogP contribution is -2.49. The fourth-order valence-electron chi connectivity index (χ4n) is 5.60. The van der Waals surface area contributed by atoms with Gasteiger partial charge in [-0.05, 0) is 81.7 Å². The average Bonchev–Trinajstić information content (AvgIpc) is 3.57. The molecule has 9 nitrogen and oxygen atoms in total. The number of esters is 1. The highest BCUT2D eigenvalue weighted by Crippen LogP contribution is 2.36. The summed E-state index contributed by atoms with van der Waals surface area (Å²) in [6.07, 6.45) is 1.71. The highest BCUT2D eigenvalue weighted by molar-refractivity contribution is 5.76. The van der Waals surface area contributed by atoms with Gasteiger partial charge >= 0.3 is 5.97 Å². The molecule has 240 valence electrons. The summed E-state index contributed by atoms with van der Waals surface area (Å²) < 4.78 is 29.5. The Balaban J connectivity index is 1.33. The molecule has 3 aromatic carbocycles. The average molecular weight is 617 g/mol. The minimum atomic E-state index is -0.736. The number of carbonyl (C=O) groups is 2. The van der Waals surface area contributed by atoms with Crippen molar-refractivity contribution in [3.05, 3.63) is 83.4 Å². The van der Waals surface area contributed by atoms with Crippen molar-refractivity contribution in [1.29, 1.82) is 0 Å². The molecule has 0 N–H and O–H groups in total. The maximum Gasteiger partial charge on any atom is 0.309 e. The van der Waals surface area contributed by atoms with Gasteiger partial charge in [0.2, 0.25) is 5.91 Å². The van der Waals surface area contributed by atoms with Crippen LogP contribution >= 0.6 is 0 Å². The Kier molecular flexibility index (Phi) is 11.2. The van der Waals surface area contributed by atoms with Gasteiger partial charge in [0.15, 0.2) is 11.5 Å². The summed E-state index contributed by atoms with van der Waals surface area (Å²) in [6.45, 7) is 7.79. The molecule has 0 saturated carbocycles. The van der Waals surface area contributed by atoms with Crippen LogP contribution in [0.25, 0.3) is 0 Å². The molecule has 3 aromatic rings. The number of amides is 1. The summed E-state index contributed by atoms with van der Waals surface area (Å²) >= 11 is 0. The fraction of sp³-hybridized carbons (Fsp3) is 0.444. The molecule has 2 aliphatic heterocycles. The molecular formula is C36H44N2O7. The molecule has 2 aliphatic rings. The third kappa shape index (κ3) is 9.14. The molecule has 0 radical (unpaired) electrons. The smallest absolute Gasteiger partial charge is 0.309 e. The van der Waals surface area contributed by atoms with Crippen LogP contribution in [0.4, 0.5) is 0 Å². The Morgan fingerprint density at radius 1 is 0.800 bits per heavy atom. The lowest BCUT2D eigenvalue weighted by Gasteiger charge is -2.37. The summed E-state index contributed by atoms with van der Waals surface area (Å²) in [7, 11) is 1.79. The number of benzene rings is 3. The Labute approximate surface area is 266 Å². The van der Waals surface area contributed by atoms with E-state index < -0.39 is 18.1 Å². The first-order chi connectivity index (χ1) is 21.9. The third-order valence-corrected chi connectivity index (χ3v) is 8.24. The number of hydrogen-bond donors (Lipinski definition) is 0. The molecule has 1 saturated heterocycles. The van der Waals surface area contributed by atoms with Crippen LogP contribution in [0.2, 0.25) is 0 Å². The highest BCUT2D eigenvalue weighted by atomic mass is 16.6. The number of likely N-dealkylation sites (N-methyl/N-ethyl adjacent to an activating group) is 1. The molecule has 9 heteroatoms. The van der Waals surface area contributed by atoms with Crippen molar-refractivity contribution < 1.29 is 33.3 Å². The SMILES string of the molecule is Cc1ccc(OCCC(=O)O[C@H](c2ccc3c(c2)OCCO3)[C@@H](CN2CCCC2)N(C)C(=O)CCOc2ccc(C)cc2)cc1. The van der Waals surface area contributed by atoms with Crippen LogP contribution in [-0.2, 0) is 14.3 Å². The second kappa shape index (κ2) is 15.7. The second-order valence-corrected chi connectivity index (χ2v) is 11.7. The van der Waals surface area contributed by atoms with E-state index in [1.54, 1.807) is 11.9 Å². The van der Waals surface area contributed by atoms with Crippen LogP contribution in [0, 0.1) is 13.8 Å². The van der Waals surface area contributed by atoms with Crippen molar-refractivity contribution in [1.82, 2.24) is 9.80 Å². The van der Waals surface area contributed by atoms with Crippen LogP contribution in [0.5, 0.6) is 23.0 Å². The lowest BCUT2D eigenvalue weighted by atomic mass is 9.99. The Morgan fingerprint density at radius 2 is 1.38 bits per heavy atom. The van der Waals surface area contributed by atoms with Gasteiger partial charge in [0, 0.05) is 13.6 Å². The Morgan fingerprint density at radius 3 is 2.00 bits per heavy atom. The van der Waals surface area contributed by atoms with E-state index >= 15 is 0 Å². The Bertz CT molecular complexity index is 1400. The van der Waals surface area contributed by atoms with E-state index in [1.807, 2.05) is 80.6 Å². The predicted octanol–water partition coefficient (Wildman–Crippen LogP) is 5.52. The molecule has 1 amide bonds. The minimum Gasteiger partial charge on any atom is -0.493 e. The minimum absolute atomic E-state index is 0.0629. The monoisotopic (exact) mass is 616 g/mol. The van der Waals surface area contributed by atoms with E-state index in [4.69, 9.17) is 23.7 Å². The molecule has 0 aromatic heterocycles. The van der Waals surface area contributed by atoms with E-state index in [2.05, 4.69) is 4.90 Å². The number of ether oxygens (including phenoxy) is 5. The third-order valence-electron chi connectivity index (χ3n) is 8.24. The zero-order valence-corrected chi connectivity index (χ0v) is 26.5. The van der Waals surface area contributed by atoms with Gasteiger partial charge in [0.25, 0.3) is 0 Å². The first-order valence-electron chi connectivity index (χ1n) is 15.8. The first-order valence-corrected chi connectivity index (χ1v) is 15.8. The number of likely N-dealkylation sites (tertiary alicyclic amines) is 1. The molecule has 0 bridgehead atoms. The van der Waals surface area contributed by atoms with Gasteiger partial charge in [-0.1, -0.05) is 41.5 Å². The van der Waals surface area contributed by atoms with Crippen molar-refractivity contribution in [2.24, 2.45) is 0 Å². The van der Waals surface area contributed by atoms with Gasteiger partial charge in [-0.15, -0.1) is 0 Å². The summed E-state index contributed by atoms with van der Waals surface area (Å²) in [5, 5.41) is 0. The molecule has 5 rings (SSSR count). The van der Waals surface area contributed by atoms with Crippen molar-refractivity contribution in [3.63, 3.8) is 0 Å². The van der Waals surface area contributed by atoms with Crippen molar-refractivity contribution in [3.8, 4) is 23.0 Å². The van der Waals surface area contributed by atoms with E-state index in [-0.39, 0.29) is 32.0 Å². The highest BCUT2D eigenvalue weighted by Gasteiger charge is 2.35. The van der Waals surface area contributed by atoms with Crippen molar-refractivity contribution in [2.45, 2.75) is 51.7 Å². The molecule has 2 atom stereocenters. The molecular weight excluding hydrogens is 572 g/mol. The molecule has 0 spiro atoms. The number of aryl methyl sites for hydroxylation is 2. The summed E-state index contributed by atoms with van der Waals surface area (Å²) in [6, 6.07) is 20.6. The molecule has 0 unspecified atom stereocenters. The lowest BCUT2D eigenvalue weighted by molar-refractivity contribution is -0.157. The molecule has 1 fully saturated rings. The number of fused-ring (bicyclic) bond motifs is 1. The van der Waals surface area contributed by atoms with Gasteiger partial charge < -0.3 is 33.5 Å². The van der Waals surface area contributed by atoms with E-state index in [1.165, 1.54) is 0 Å². The zero-order chi connectivity index (χ0) is 31.6. The molecule has 45 heavy (non-hydrogen) atoms. The summed E-state index contributed by atoms with van der Waals surface area (Å²) in [5.41, 5.74) is 3.02. The number of rotatable bonds is 14. The number of hydrogen-bond acceptors (Lipinski definition) is 8. The van der Waals surface area contributed by atoms with E-state index in [9.17, 15) is 9.59 Å². The molecule has 0 aliphatic carbocycles. The van der Waals surface area contributed by atoms with Crippen molar-refractivity contribution in [2.75, 3.05) is 53.1 Å². The van der Waals surface area contributed by atoms with Crippen LogP contribution in [0.3, 0.4) is 0 Å². The maximum atomic E-state index is 13.6. The van der Waals surface area contributed by atoms with Crippen LogP contribution < -0.4 is 18.9 Å². The standard InChI is InChI=1S/C36H44N2O7/c1-26-6-11-29(12-7-26)41-20-16-34(39)37(3)31(25-38-18-4-5-19-38)36(28-10-15-32-33(24-28)44-23-22-43-32)45-35(40)17-21-42-30-13-8-27(2)9-14-30/h6-15,24,31,36H,4-5,16-23,25H2,1-3H3/t31-,36-/m1/s1. The van der Waals surface area contributed by atoms with Crippen LogP contribution in [0.15, 0.2) is 66.7 Å². The fourth-order valence-corrected chi connectivity index (χ4v) is 5.60. The quantitative estimate of drug-likeness (QED) is 0.219. The number of nitrogens with zero attached hydrogens (tertiary/aromatic N) is 2. The van der Waals surface area contributed by atoms with Gasteiger partial charge in [-0.25, -0.2) is 0 Å². The van der Waals surface area contributed by atoms with E-state index in [0.717, 1.165) is 48.4 Å². The zero-order valence-electron chi connectivity index (χ0n) is 26.5. The topological polar surface area (TPSA) is 86.8 Å². The van der Waals surface area contributed by atoms with E-state index in [0.29, 0.717) is 37.0 Å². The van der Waals surface area contributed by atoms with Gasteiger partial charge in [0.05, 0.1) is 32.1 Å². The molecule has 2 heterocycles. The first kappa shape index (κ1) is 32.2.